The predicted octanol–water partition coefficient (Wildman–Crippen LogP) is -0.907. The number of hydrogen-bond donors (Lipinski definition) is 0. The molecule has 0 aromatic heterocycles. The van der Waals surface area contributed by atoms with E-state index in [-0.39, 0.29) is 28.8 Å². The second-order valence-electron chi connectivity index (χ2n) is 4.43. The number of esters is 1. The summed E-state index contributed by atoms with van der Waals surface area (Å²) in [6.07, 6.45) is 1.70. The first kappa shape index (κ1) is 26.5. The van der Waals surface area contributed by atoms with Crippen LogP contribution < -0.4 is 9.30 Å². The van der Waals surface area contributed by atoms with Gasteiger partial charge in [0.05, 0.1) is 0 Å². The van der Waals surface area contributed by atoms with Crippen LogP contribution in [0.1, 0.15) is 33.1 Å². The molecule has 0 fully saturated rings. The fraction of sp³-hybridized carbons (Fsp3) is 0.467. The molecule has 0 saturated heterocycles. The summed E-state index contributed by atoms with van der Waals surface area (Å²) >= 11 is 2.00. The molecule has 1 aromatic rings. The second kappa shape index (κ2) is 14.2. The van der Waals surface area contributed by atoms with Gasteiger partial charge < -0.3 is 16.4 Å². The van der Waals surface area contributed by atoms with Crippen LogP contribution in [0.3, 0.4) is 0 Å². The number of hydrogen-bond acceptors (Lipinski definition) is 3. The summed E-state index contributed by atoms with van der Waals surface area (Å²) in [7, 11) is 0. The Morgan fingerprint density at radius 2 is 1.65 bits per heavy atom. The van der Waals surface area contributed by atoms with Crippen molar-refractivity contribution < 1.29 is 30.8 Å². The molecule has 1 amide bonds. The van der Waals surface area contributed by atoms with Crippen molar-refractivity contribution in [1.82, 2.24) is 0 Å². The van der Waals surface area contributed by atoms with Gasteiger partial charge >= 0.3 is 128 Å². The number of nitrogens with zero attached hydrogens (tertiary/aromatic N) is 1. The minimum absolute atomic E-state index is 0. The van der Waals surface area contributed by atoms with Crippen LogP contribution in [0.25, 0.3) is 0 Å². The van der Waals surface area contributed by atoms with E-state index in [1.54, 1.807) is 11.8 Å². The van der Waals surface area contributed by atoms with Crippen LogP contribution in [-0.4, -0.2) is 58.0 Å². The zero-order valence-corrected chi connectivity index (χ0v) is 15.6. The minimum atomic E-state index is -0.467. The molecule has 1 rings (SSSR count). The summed E-state index contributed by atoms with van der Waals surface area (Å²) in [5, 5.41) is 0. The van der Waals surface area contributed by atoms with Crippen LogP contribution in [-0.2, 0) is 14.3 Å². The van der Waals surface area contributed by atoms with E-state index in [2.05, 4.69) is 6.92 Å². The van der Waals surface area contributed by atoms with Crippen LogP contribution in [0.2, 0.25) is 0 Å². The zero-order chi connectivity index (χ0) is 15.0. The first-order chi connectivity index (χ1) is 9.58. The smallest absolute Gasteiger partial charge is 0.412 e. The van der Waals surface area contributed by atoms with Crippen LogP contribution >= 0.6 is 0 Å². The number of carbonyl (C=O) groups excluding carboxylic acids is 2. The molecule has 8 heteroatoms. The number of rotatable bonds is 7. The van der Waals surface area contributed by atoms with E-state index in [1.807, 2.05) is 40.8 Å². The van der Waals surface area contributed by atoms with Crippen molar-refractivity contribution >= 4 is 38.5 Å². The van der Waals surface area contributed by atoms with E-state index in [9.17, 15) is 9.59 Å². The third-order valence-corrected chi connectivity index (χ3v) is 3.52. The van der Waals surface area contributed by atoms with Crippen LogP contribution in [0, 0.1) is 0 Å². The quantitative estimate of drug-likeness (QED) is 0.339. The fourth-order valence-electron chi connectivity index (χ4n) is 1.79. The summed E-state index contributed by atoms with van der Waals surface area (Å²) in [4.78, 5) is 25.4. The van der Waals surface area contributed by atoms with Crippen molar-refractivity contribution in [2.75, 3.05) is 18.1 Å². The van der Waals surface area contributed by atoms with Gasteiger partial charge in [-0.25, -0.2) is 0 Å². The first-order valence-corrected chi connectivity index (χ1v) is 7.91. The molecule has 23 heavy (non-hydrogen) atoms. The normalized spacial score (nSPS) is 8.83. The molecule has 0 spiro atoms. The van der Waals surface area contributed by atoms with Crippen LogP contribution in [0.15, 0.2) is 24.3 Å². The standard InChI is InChI=1S/C15H20GeNO3.3H2O/c1-3-5-10-17(13-8-6-12(16)7-9-13)14(18)11-15(19)20-4-2;;;/h6-9H,3-5,10-11H2,1-2H3;3*1H2. The number of unbranched alkanes of at least 4 members (excludes halogenated alkanes) is 1. The molecular weight excluding hydrogens is 363 g/mol. The van der Waals surface area contributed by atoms with Gasteiger partial charge in [-0.1, -0.05) is 0 Å². The topological polar surface area (TPSA) is 141 Å². The monoisotopic (exact) mass is 390 g/mol. The Balaban J connectivity index is -0.00000133. The number of ether oxygens (including phenoxy) is 1. The molecule has 1 aromatic carbocycles. The van der Waals surface area contributed by atoms with Gasteiger partial charge in [0.15, 0.2) is 0 Å². The Kier molecular flexibility index (Phi) is 16.3. The molecule has 3 radical (unpaired) electrons. The molecule has 0 heterocycles. The van der Waals surface area contributed by atoms with Gasteiger partial charge in [-0.2, -0.15) is 0 Å². The average molecular weight is 389 g/mol. The van der Waals surface area contributed by atoms with Crippen molar-refractivity contribution in [2.24, 2.45) is 0 Å². The SMILES string of the molecule is CCCCN(C(=O)CC(=O)OCC)c1cc[c]([Ge])cc1.O.O.O. The summed E-state index contributed by atoms with van der Waals surface area (Å²) < 4.78 is 5.98. The number of benzene rings is 1. The molecule has 7 nitrogen and oxygen atoms in total. The van der Waals surface area contributed by atoms with Gasteiger partial charge in [0.25, 0.3) is 0 Å². The maximum Gasteiger partial charge on any atom is -0.412 e. The van der Waals surface area contributed by atoms with E-state index in [4.69, 9.17) is 4.74 Å². The van der Waals surface area contributed by atoms with Crippen molar-refractivity contribution in [2.45, 2.75) is 33.1 Å². The molecular formula is C15H26GeNO6. The number of anilines is 1. The summed E-state index contributed by atoms with van der Waals surface area (Å²) in [5.74, 6) is -0.674. The fourth-order valence-corrected chi connectivity index (χ4v) is 2.14. The van der Waals surface area contributed by atoms with E-state index >= 15 is 0 Å². The molecule has 0 aliphatic rings. The van der Waals surface area contributed by atoms with Crippen molar-refractivity contribution in [3.63, 3.8) is 0 Å². The van der Waals surface area contributed by atoms with E-state index < -0.39 is 5.97 Å². The van der Waals surface area contributed by atoms with Crippen LogP contribution in [0.4, 0.5) is 5.69 Å². The molecule has 0 atom stereocenters. The summed E-state index contributed by atoms with van der Waals surface area (Å²) in [6, 6.07) is 7.75. The maximum absolute atomic E-state index is 12.2. The van der Waals surface area contributed by atoms with Gasteiger partial charge in [0.1, 0.15) is 0 Å². The number of amides is 1. The Bertz CT molecular complexity index is 452. The van der Waals surface area contributed by atoms with Crippen molar-refractivity contribution in [3.8, 4) is 0 Å². The second-order valence-corrected chi connectivity index (χ2v) is 5.64. The van der Waals surface area contributed by atoms with E-state index in [0.717, 1.165) is 22.9 Å². The number of carbonyl (C=O) groups is 2. The van der Waals surface area contributed by atoms with Crippen molar-refractivity contribution in [1.29, 1.82) is 0 Å². The molecule has 0 aliphatic carbocycles. The van der Waals surface area contributed by atoms with Gasteiger partial charge in [0, 0.05) is 0 Å². The molecule has 131 valence electrons. The maximum atomic E-state index is 12.2. The summed E-state index contributed by atoms with van der Waals surface area (Å²) in [6.45, 7) is 4.73. The van der Waals surface area contributed by atoms with Gasteiger partial charge in [-0.3, -0.25) is 0 Å². The van der Waals surface area contributed by atoms with Gasteiger partial charge in [-0.15, -0.1) is 0 Å². The molecule has 0 saturated carbocycles. The Labute approximate surface area is 145 Å². The van der Waals surface area contributed by atoms with E-state index in [0.29, 0.717) is 13.2 Å². The Morgan fingerprint density at radius 3 is 2.13 bits per heavy atom. The van der Waals surface area contributed by atoms with Crippen molar-refractivity contribution in [3.05, 3.63) is 24.3 Å². The Morgan fingerprint density at radius 1 is 1.09 bits per heavy atom. The third kappa shape index (κ3) is 9.34. The Hall–Kier alpha value is -1.42. The molecule has 0 aliphatic heterocycles. The van der Waals surface area contributed by atoms with Gasteiger partial charge in [0.2, 0.25) is 0 Å². The van der Waals surface area contributed by atoms with E-state index in [1.165, 1.54) is 0 Å². The summed E-state index contributed by atoms with van der Waals surface area (Å²) in [5.41, 5.74) is 0.832. The molecule has 0 bridgehead atoms. The first-order valence-electron chi connectivity index (χ1n) is 6.86. The predicted molar refractivity (Wildman–Crippen MR) is 91.2 cm³/mol. The average Bonchev–Trinajstić information content (AvgIpc) is 2.41. The third-order valence-electron chi connectivity index (χ3n) is 2.82. The zero-order valence-electron chi connectivity index (χ0n) is 13.5. The molecule has 0 unspecified atom stereocenters. The van der Waals surface area contributed by atoms with Gasteiger partial charge in [-0.05, 0) is 0 Å². The van der Waals surface area contributed by atoms with Crippen LogP contribution in [0.5, 0.6) is 0 Å². The minimum Gasteiger partial charge on any atom is -0.412 e. The molecule has 6 N–H and O–H groups in total. The largest absolute Gasteiger partial charge is 0.412 e.